The fraction of sp³-hybridized carbons (Fsp3) is 0.0870. The summed E-state index contributed by atoms with van der Waals surface area (Å²) in [6, 6.07) is 25.0. The summed E-state index contributed by atoms with van der Waals surface area (Å²) in [7, 11) is 0. The highest BCUT2D eigenvalue weighted by atomic mass is 16.6. The average Bonchev–Trinajstić information content (AvgIpc) is 2.73. The van der Waals surface area contributed by atoms with Crippen LogP contribution in [0.15, 0.2) is 84.9 Å². The lowest BCUT2D eigenvalue weighted by Crippen LogP contribution is -2.42. The molecule has 2 atom stereocenters. The molecule has 3 aromatic carbocycles. The van der Waals surface area contributed by atoms with E-state index in [0.29, 0.717) is 5.75 Å². The third-order valence-corrected chi connectivity index (χ3v) is 4.82. The number of hydrogen-bond donors (Lipinski definition) is 0. The second-order valence-electron chi connectivity index (χ2n) is 6.49. The average molecular weight is 355 g/mol. The monoisotopic (exact) mass is 355 g/mol. The summed E-state index contributed by atoms with van der Waals surface area (Å²) >= 11 is 0. The molecule has 0 spiro atoms. The molecule has 2 unspecified atom stereocenters. The number of ether oxygens (including phenoxy) is 2. The molecule has 3 aromatic rings. The Morgan fingerprint density at radius 2 is 1.56 bits per heavy atom. The van der Waals surface area contributed by atoms with Gasteiger partial charge in [0.1, 0.15) is 5.75 Å². The third kappa shape index (κ3) is 2.71. The number of hydrogen-bond acceptors (Lipinski definition) is 4. The zero-order chi connectivity index (χ0) is 18.2. The normalized spacial score (nSPS) is 19.6. The number of para-hydroxylation sites is 3. The lowest BCUT2D eigenvalue weighted by Gasteiger charge is -2.42. The molecule has 0 saturated heterocycles. The van der Waals surface area contributed by atoms with Gasteiger partial charge in [0.05, 0.1) is 11.4 Å². The van der Waals surface area contributed by atoms with Crippen molar-refractivity contribution in [3.8, 4) is 5.75 Å². The predicted octanol–water partition coefficient (Wildman–Crippen LogP) is 4.85. The summed E-state index contributed by atoms with van der Waals surface area (Å²) in [4.78, 5) is 15.0. The molecule has 0 fully saturated rings. The Labute approximate surface area is 157 Å². The van der Waals surface area contributed by atoms with E-state index < -0.39 is 12.1 Å². The Morgan fingerprint density at radius 1 is 0.852 bits per heavy atom. The minimum Gasteiger partial charge on any atom is -0.424 e. The Morgan fingerprint density at radius 3 is 2.41 bits per heavy atom. The number of carbonyl (C=O) groups excluding carboxylic acids is 1. The Hall–Kier alpha value is -3.37. The molecule has 4 nitrogen and oxygen atoms in total. The van der Waals surface area contributed by atoms with Crippen LogP contribution < -0.4 is 9.64 Å². The Balaban J connectivity index is 1.55. The van der Waals surface area contributed by atoms with Gasteiger partial charge in [0, 0.05) is 5.56 Å². The van der Waals surface area contributed by atoms with E-state index in [4.69, 9.17) is 9.47 Å². The summed E-state index contributed by atoms with van der Waals surface area (Å²) in [5.41, 5.74) is 3.95. The van der Waals surface area contributed by atoms with Gasteiger partial charge < -0.3 is 14.4 Å². The zero-order valence-electron chi connectivity index (χ0n) is 14.5. The molecule has 0 aliphatic carbocycles. The van der Waals surface area contributed by atoms with Crippen molar-refractivity contribution < 1.29 is 14.3 Å². The van der Waals surface area contributed by atoms with Crippen LogP contribution in [0.25, 0.3) is 6.08 Å². The predicted molar refractivity (Wildman–Crippen MR) is 104 cm³/mol. The fourth-order valence-electron chi connectivity index (χ4n) is 3.61. The summed E-state index contributed by atoms with van der Waals surface area (Å²) in [5, 5.41) is 0. The van der Waals surface area contributed by atoms with Crippen LogP contribution in [0.5, 0.6) is 5.75 Å². The molecular formula is C23H17NO3. The third-order valence-electron chi connectivity index (χ3n) is 4.82. The van der Waals surface area contributed by atoms with Crippen molar-refractivity contribution in [3.63, 3.8) is 0 Å². The summed E-state index contributed by atoms with van der Waals surface area (Å²) < 4.78 is 11.7. The first-order valence-electron chi connectivity index (χ1n) is 8.89. The first-order chi connectivity index (χ1) is 13.3. The van der Waals surface area contributed by atoms with Gasteiger partial charge in [0.25, 0.3) is 0 Å². The van der Waals surface area contributed by atoms with Gasteiger partial charge in [-0.25, -0.2) is 4.79 Å². The van der Waals surface area contributed by atoms with E-state index >= 15 is 0 Å². The molecular weight excluding hydrogens is 338 g/mol. The smallest absolute Gasteiger partial charge is 0.345 e. The van der Waals surface area contributed by atoms with Crippen molar-refractivity contribution in [2.45, 2.75) is 12.3 Å². The summed E-state index contributed by atoms with van der Waals surface area (Å²) in [6.45, 7) is 0. The number of benzene rings is 3. The van der Waals surface area contributed by atoms with Crippen LogP contribution in [0.3, 0.4) is 0 Å². The number of carbonyl (C=O) groups is 1. The van der Waals surface area contributed by atoms with Crippen LogP contribution >= 0.6 is 0 Å². The molecule has 2 aliphatic rings. The first kappa shape index (κ1) is 15.9. The molecule has 27 heavy (non-hydrogen) atoms. The summed E-state index contributed by atoms with van der Waals surface area (Å²) in [6.07, 6.45) is 2.87. The maximum absolute atomic E-state index is 12.9. The van der Waals surface area contributed by atoms with Gasteiger partial charge in [-0.2, -0.15) is 0 Å². The summed E-state index contributed by atoms with van der Waals surface area (Å²) in [5.74, 6) is 0.0936. The van der Waals surface area contributed by atoms with Crippen molar-refractivity contribution in [3.05, 3.63) is 96.1 Å². The van der Waals surface area contributed by atoms with Crippen molar-refractivity contribution in [1.29, 1.82) is 0 Å². The minimum absolute atomic E-state index is 0.358. The van der Waals surface area contributed by atoms with Gasteiger partial charge in [-0.05, 0) is 35.9 Å². The molecule has 0 aromatic heterocycles. The van der Waals surface area contributed by atoms with Crippen molar-refractivity contribution in [1.82, 2.24) is 0 Å². The van der Waals surface area contributed by atoms with E-state index in [-0.39, 0.29) is 6.23 Å². The molecule has 0 saturated carbocycles. The van der Waals surface area contributed by atoms with E-state index in [1.54, 1.807) is 12.1 Å². The van der Waals surface area contributed by atoms with Crippen LogP contribution in [-0.4, -0.2) is 12.2 Å². The van der Waals surface area contributed by atoms with Crippen LogP contribution in [0, 0.1) is 0 Å². The van der Waals surface area contributed by atoms with E-state index in [1.807, 2.05) is 66.7 Å². The van der Waals surface area contributed by atoms with Gasteiger partial charge >= 0.3 is 5.97 Å². The molecule has 132 valence electrons. The fourth-order valence-corrected chi connectivity index (χ4v) is 3.61. The molecule has 0 bridgehead atoms. The van der Waals surface area contributed by atoms with Gasteiger partial charge in [-0.1, -0.05) is 60.7 Å². The highest BCUT2D eigenvalue weighted by Gasteiger charge is 2.39. The van der Waals surface area contributed by atoms with Crippen LogP contribution in [-0.2, 0) is 9.53 Å². The molecule has 0 N–H and O–H groups in total. The molecule has 2 aliphatic heterocycles. The van der Waals surface area contributed by atoms with Crippen molar-refractivity contribution >= 4 is 23.4 Å². The Kier molecular flexibility index (Phi) is 3.77. The maximum atomic E-state index is 12.9. The minimum atomic E-state index is -0.780. The molecule has 0 amide bonds. The topological polar surface area (TPSA) is 38.8 Å². The van der Waals surface area contributed by atoms with E-state index in [0.717, 1.165) is 22.5 Å². The lowest BCUT2D eigenvalue weighted by molar-refractivity contribution is -0.151. The standard InChI is InChI=1S/C23H17NO3/c25-23(26-17-9-2-1-3-10-17)22-18-11-5-7-13-20(18)24-19-12-6-4-8-16(19)14-15-21(24)27-22/h1-15,21-22H. The molecule has 0 radical (unpaired) electrons. The van der Waals surface area contributed by atoms with Crippen molar-refractivity contribution in [2.24, 2.45) is 0 Å². The van der Waals surface area contributed by atoms with Crippen molar-refractivity contribution in [2.75, 3.05) is 4.90 Å². The van der Waals surface area contributed by atoms with Crippen LogP contribution in [0.4, 0.5) is 11.4 Å². The highest BCUT2D eigenvalue weighted by molar-refractivity contribution is 5.86. The second-order valence-corrected chi connectivity index (χ2v) is 6.49. The SMILES string of the molecule is O=C(Oc1ccccc1)C1OC2C=Cc3ccccc3N2c2ccccc21. The Bertz CT molecular complexity index is 1030. The van der Waals surface area contributed by atoms with Gasteiger partial charge in [0.2, 0.25) is 0 Å². The van der Waals surface area contributed by atoms with Crippen LogP contribution in [0.1, 0.15) is 17.2 Å². The number of nitrogens with zero attached hydrogens (tertiary/aromatic N) is 1. The number of anilines is 2. The molecule has 4 heteroatoms. The molecule has 5 rings (SSSR count). The number of rotatable bonds is 2. The van der Waals surface area contributed by atoms with E-state index in [9.17, 15) is 4.79 Å². The highest BCUT2D eigenvalue weighted by Crippen LogP contribution is 2.45. The lowest BCUT2D eigenvalue weighted by atomic mass is 9.99. The maximum Gasteiger partial charge on any atom is 0.345 e. The van der Waals surface area contributed by atoms with Crippen LogP contribution in [0.2, 0.25) is 0 Å². The largest absolute Gasteiger partial charge is 0.424 e. The number of esters is 1. The second kappa shape index (κ2) is 6.41. The van der Waals surface area contributed by atoms with E-state index in [1.165, 1.54) is 0 Å². The number of fused-ring (bicyclic) bond motifs is 5. The van der Waals surface area contributed by atoms with E-state index in [2.05, 4.69) is 17.0 Å². The van der Waals surface area contributed by atoms with Gasteiger partial charge in [-0.15, -0.1) is 0 Å². The van der Waals surface area contributed by atoms with Gasteiger partial charge in [0.15, 0.2) is 12.3 Å². The zero-order valence-corrected chi connectivity index (χ0v) is 14.5. The molecule has 2 heterocycles. The quantitative estimate of drug-likeness (QED) is 0.486. The van der Waals surface area contributed by atoms with Gasteiger partial charge in [-0.3, -0.25) is 0 Å². The first-order valence-corrected chi connectivity index (χ1v) is 8.89.